The van der Waals surface area contributed by atoms with Crippen molar-refractivity contribution >= 4 is 59.1 Å². The highest BCUT2D eigenvalue weighted by molar-refractivity contribution is 6.32. The Morgan fingerprint density at radius 3 is 2.08 bits per heavy atom. The van der Waals surface area contributed by atoms with Gasteiger partial charge in [-0.15, -0.1) is 0 Å². The van der Waals surface area contributed by atoms with Crippen LogP contribution in [0.1, 0.15) is 0 Å². The monoisotopic (exact) mass is 335 g/mol. The van der Waals surface area contributed by atoms with Crippen molar-refractivity contribution in [1.29, 1.82) is 0 Å². The molecule has 5 aromatic rings. The Kier molecular flexibility index (Phi) is 2.85. The van der Waals surface area contributed by atoms with Crippen LogP contribution in [0.2, 0.25) is 0 Å². The average Bonchev–Trinajstić information content (AvgIpc) is 2.63. The highest BCUT2D eigenvalue weighted by Gasteiger charge is 2.14. The summed E-state index contributed by atoms with van der Waals surface area (Å²) in [7, 11) is 3.54. The molecule has 2 nitrogen and oxygen atoms in total. The van der Waals surface area contributed by atoms with E-state index < -0.39 is 0 Å². The molecule has 0 heterocycles. The first-order valence-electron chi connectivity index (χ1n) is 8.21. The number of anilines is 2. The minimum absolute atomic E-state index is 0.803. The molecule has 5 rings (SSSR count). The zero-order chi connectivity index (χ0) is 17.1. The van der Waals surface area contributed by atoms with Gasteiger partial charge < -0.3 is 11.5 Å². The van der Waals surface area contributed by atoms with Crippen LogP contribution in [0.25, 0.3) is 43.4 Å². The summed E-state index contributed by atoms with van der Waals surface area (Å²) in [6.45, 7) is 0. The van der Waals surface area contributed by atoms with Crippen LogP contribution >= 0.6 is 0 Å². The quantitative estimate of drug-likeness (QED) is 0.274. The molecule has 0 unspecified atom stereocenters. The Morgan fingerprint density at radius 2 is 1.28 bits per heavy atom. The van der Waals surface area contributed by atoms with E-state index in [9.17, 15) is 0 Å². The summed E-state index contributed by atoms with van der Waals surface area (Å²) in [5, 5.41) is 7.99. The molecule has 0 aliphatic carbocycles. The van der Waals surface area contributed by atoms with E-state index in [0.29, 0.717) is 0 Å². The van der Waals surface area contributed by atoms with Gasteiger partial charge in [0.2, 0.25) is 0 Å². The van der Waals surface area contributed by atoms with Crippen LogP contribution in [0, 0.1) is 0 Å². The van der Waals surface area contributed by atoms with E-state index in [4.69, 9.17) is 11.5 Å². The van der Waals surface area contributed by atoms with Gasteiger partial charge in [-0.05, 0) is 39.2 Å². The number of hydrogen-bond donors (Lipinski definition) is 2. The SMILES string of the molecule is Nc1ccc2ccc3c(N)c(-c4ccc([Si])cc4)cc4ccc1c2c43. The van der Waals surface area contributed by atoms with Gasteiger partial charge in [0.05, 0.1) is 10.2 Å². The number of rotatable bonds is 1. The number of nitrogens with two attached hydrogens (primary N) is 2. The van der Waals surface area contributed by atoms with Gasteiger partial charge in [0.25, 0.3) is 0 Å². The number of benzene rings is 5. The van der Waals surface area contributed by atoms with Crippen molar-refractivity contribution in [3.63, 3.8) is 0 Å². The maximum atomic E-state index is 6.59. The Labute approximate surface area is 148 Å². The van der Waals surface area contributed by atoms with Gasteiger partial charge in [-0.25, -0.2) is 0 Å². The van der Waals surface area contributed by atoms with E-state index in [1.165, 1.54) is 21.5 Å². The molecule has 0 spiro atoms. The fourth-order valence-corrected chi connectivity index (χ4v) is 3.98. The third-order valence-corrected chi connectivity index (χ3v) is 5.39. The molecule has 0 aromatic heterocycles. The Hall–Kier alpha value is -3.04. The zero-order valence-corrected chi connectivity index (χ0v) is 14.5. The lowest BCUT2D eigenvalue weighted by Gasteiger charge is -2.16. The molecule has 5 aromatic carbocycles. The van der Waals surface area contributed by atoms with Crippen LogP contribution < -0.4 is 16.7 Å². The Bertz CT molecular complexity index is 1260. The lowest BCUT2D eigenvalue weighted by Crippen LogP contribution is -2.00. The zero-order valence-electron chi connectivity index (χ0n) is 13.5. The molecule has 0 bridgehead atoms. The maximum absolute atomic E-state index is 6.59. The van der Waals surface area contributed by atoms with Gasteiger partial charge >= 0.3 is 0 Å². The average molecular weight is 335 g/mol. The minimum Gasteiger partial charge on any atom is -0.398 e. The molecule has 0 amide bonds. The smallest absolute Gasteiger partial charge is 0.0711 e. The van der Waals surface area contributed by atoms with Crippen molar-refractivity contribution < 1.29 is 0 Å². The molecule has 0 fully saturated rings. The summed E-state index contributed by atoms with van der Waals surface area (Å²) in [5.41, 5.74) is 16.6. The van der Waals surface area contributed by atoms with Crippen molar-refractivity contribution in [2.45, 2.75) is 0 Å². The minimum atomic E-state index is 0.803. The largest absolute Gasteiger partial charge is 0.398 e. The second kappa shape index (κ2) is 4.98. The van der Waals surface area contributed by atoms with Crippen molar-refractivity contribution in [3.05, 3.63) is 66.7 Å². The highest BCUT2D eigenvalue weighted by Crippen LogP contribution is 2.42. The summed E-state index contributed by atoms with van der Waals surface area (Å²) in [6.07, 6.45) is 0. The molecule has 25 heavy (non-hydrogen) atoms. The van der Waals surface area contributed by atoms with E-state index in [1.54, 1.807) is 0 Å². The van der Waals surface area contributed by atoms with Crippen molar-refractivity contribution in [2.24, 2.45) is 0 Å². The number of nitrogen functional groups attached to an aromatic ring is 2. The van der Waals surface area contributed by atoms with Gasteiger partial charge in [0.15, 0.2) is 0 Å². The van der Waals surface area contributed by atoms with Crippen LogP contribution in [0.15, 0.2) is 66.7 Å². The second-order valence-corrected chi connectivity index (χ2v) is 7.07. The second-order valence-electron chi connectivity index (χ2n) is 6.49. The predicted octanol–water partition coefficient (Wildman–Crippen LogP) is 4.21. The first-order chi connectivity index (χ1) is 12.1. The van der Waals surface area contributed by atoms with Gasteiger partial charge in [-0.2, -0.15) is 0 Å². The van der Waals surface area contributed by atoms with Crippen LogP contribution in [0.5, 0.6) is 0 Å². The molecule has 3 radical (unpaired) electrons. The van der Waals surface area contributed by atoms with Crippen molar-refractivity contribution in [2.75, 3.05) is 11.5 Å². The van der Waals surface area contributed by atoms with E-state index in [2.05, 4.69) is 58.8 Å². The fourth-order valence-electron chi connectivity index (χ4n) is 3.81. The molecule has 0 atom stereocenters. The van der Waals surface area contributed by atoms with Crippen molar-refractivity contribution in [3.8, 4) is 11.1 Å². The van der Waals surface area contributed by atoms with Crippen LogP contribution in [-0.2, 0) is 0 Å². The van der Waals surface area contributed by atoms with Crippen molar-refractivity contribution in [1.82, 2.24) is 0 Å². The molecule has 0 aliphatic rings. The molecule has 0 aliphatic heterocycles. The third kappa shape index (κ3) is 1.96. The highest BCUT2D eigenvalue weighted by atomic mass is 28.1. The summed E-state index contributed by atoms with van der Waals surface area (Å²) in [4.78, 5) is 0. The number of hydrogen-bond acceptors (Lipinski definition) is 2. The van der Waals surface area contributed by atoms with Gasteiger partial charge in [0, 0.05) is 27.7 Å². The first kappa shape index (κ1) is 14.3. The lowest BCUT2D eigenvalue weighted by molar-refractivity contribution is 1.67. The van der Waals surface area contributed by atoms with Crippen LogP contribution in [0.4, 0.5) is 11.4 Å². The lowest BCUT2D eigenvalue weighted by atomic mass is 9.89. The summed E-state index contributed by atoms with van der Waals surface area (Å²) in [6, 6.07) is 23.0. The topological polar surface area (TPSA) is 52.0 Å². The van der Waals surface area contributed by atoms with Crippen LogP contribution in [-0.4, -0.2) is 10.2 Å². The molecule has 117 valence electrons. The van der Waals surface area contributed by atoms with Gasteiger partial charge in [-0.3, -0.25) is 0 Å². The summed E-state index contributed by atoms with van der Waals surface area (Å²) < 4.78 is 0. The van der Waals surface area contributed by atoms with E-state index >= 15 is 0 Å². The molecule has 4 N–H and O–H groups in total. The Balaban J connectivity index is 1.95. The van der Waals surface area contributed by atoms with Crippen LogP contribution in [0.3, 0.4) is 0 Å². The predicted molar refractivity (Wildman–Crippen MR) is 110 cm³/mol. The molecule has 0 saturated heterocycles. The normalized spacial score (nSPS) is 11.7. The summed E-state index contributed by atoms with van der Waals surface area (Å²) >= 11 is 0. The van der Waals surface area contributed by atoms with E-state index in [1.807, 2.05) is 18.2 Å². The molecule has 0 saturated carbocycles. The molecular formula is C22H15N2Si. The molecular weight excluding hydrogens is 320 g/mol. The third-order valence-electron chi connectivity index (χ3n) is 5.05. The van der Waals surface area contributed by atoms with Gasteiger partial charge in [-0.1, -0.05) is 59.8 Å². The Morgan fingerprint density at radius 1 is 0.640 bits per heavy atom. The standard InChI is InChI=1S/C22H15N2Si/c23-19-10-5-13-3-9-17-21-14(4-8-16(19)20(13)21)11-18(22(17)24)12-1-6-15(25)7-2-12/h1-11H,23-24H2. The van der Waals surface area contributed by atoms with E-state index in [0.717, 1.165) is 38.5 Å². The maximum Gasteiger partial charge on any atom is 0.0711 e. The molecule has 3 heteroatoms. The fraction of sp³-hybridized carbons (Fsp3) is 0. The first-order valence-corrected chi connectivity index (χ1v) is 8.71. The van der Waals surface area contributed by atoms with Gasteiger partial charge in [0.1, 0.15) is 0 Å². The summed E-state index contributed by atoms with van der Waals surface area (Å²) in [5.74, 6) is 0. The van der Waals surface area contributed by atoms with E-state index in [-0.39, 0.29) is 0 Å².